The summed E-state index contributed by atoms with van der Waals surface area (Å²) in [7, 11) is 1.45. The molecular weight excluding hydrogens is 434 g/mol. The molecule has 0 saturated carbocycles. The molecule has 1 aromatic heterocycles. The zero-order chi connectivity index (χ0) is 22.8. The number of aryl methyl sites for hydroxylation is 2. The summed E-state index contributed by atoms with van der Waals surface area (Å²) in [6.07, 6.45) is 1.71. The summed E-state index contributed by atoms with van der Waals surface area (Å²) >= 11 is 1.41. The molecule has 0 spiro atoms. The van der Waals surface area contributed by atoms with Crippen LogP contribution in [-0.4, -0.2) is 43.9 Å². The zero-order valence-corrected chi connectivity index (χ0v) is 20.0. The highest BCUT2D eigenvalue weighted by Crippen LogP contribution is 2.29. The lowest BCUT2D eigenvalue weighted by atomic mass is 10.2. The number of aromatic nitrogens is 1. The van der Waals surface area contributed by atoms with E-state index in [0.29, 0.717) is 16.9 Å². The first-order chi connectivity index (χ1) is 14.7. The molecule has 0 unspecified atom stereocenters. The quantitative estimate of drug-likeness (QED) is 0.537. The Morgan fingerprint density at radius 3 is 2.48 bits per heavy atom. The van der Waals surface area contributed by atoms with Crippen molar-refractivity contribution in [3.63, 3.8) is 0 Å². The summed E-state index contributed by atoms with van der Waals surface area (Å²) in [5, 5.41) is 0. The van der Waals surface area contributed by atoms with Crippen LogP contribution < -0.4 is 9.54 Å². The van der Waals surface area contributed by atoms with Gasteiger partial charge in [0, 0.05) is 26.2 Å². The van der Waals surface area contributed by atoms with E-state index in [1.54, 1.807) is 14.2 Å². The number of carbonyl (C=O) groups excluding carboxylic acids is 1. The Balaban J connectivity index is 1.94. The Hall–Kier alpha value is -2.49. The number of amides is 1. The van der Waals surface area contributed by atoms with Crippen molar-refractivity contribution in [2.24, 2.45) is 12.0 Å². The van der Waals surface area contributed by atoms with Gasteiger partial charge in [-0.15, -0.1) is 0 Å². The minimum absolute atomic E-state index is 0.162. The van der Waals surface area contributed by atoms with Gasteiger partial charge >= 0.3 is 0 Å². The van der Waals surface area contributed by atoms with Crippen molar-refractivity contribution < 1.29 is 17.9 Å². The molecule has 1 heterocycles. The zero-order valence-electron chi connectivity index (χ0n) is 18.4. The van der Waals surface area contributed by atoms with Crippen LogP contribution in [0.15, 0.2) is 46.3 Å². The predicted octanol–water partition coefficient (Wildman–Crippen LogP) is 3.72. The standard InChI is InChI=1S/C22H27N3O4S2/c1-6-7-14-24(3)31(27,28)17-11-9-16(10-12-17)21(26)23-22-25(4)19-18(29-5)13-8-15(2)20(19)30-22/h8-13H,6-7,14H2,1-5H3. The van der Waals surface area contributed by atoms with Crippen molar-refractivity contribution in [3.8, 4) is 5.75 Å². The molecule has 9 heteroatoms. The number of sulfonamides is 1. The smallest absolute Gasteiger partial charge is 0.279 e. The highest BCUT2D eigenvalue weighted by atomic mass is 32.2. The van der Waals surface area contributed by atoms with E-state index in [1.807, 2.05) is 37.6 Å². The van der Waals surface area contributed by atoms with Crippen LogP contribution >= 0.6 is 11.3 Å². The summed E-state index contributed by atoms with van der Waals surface area (Å²) in [6, 6.07) is 9.79. The number of hydrogen-bond donors (Lipinski definition) is 0. The maximum Gasteiger partial charge on any atom is 0.279 e. The van der Waals surface area contributed by atoms with Crippen molar-refractivity contribution in [1.29, 1.82) is 0 Å². The van der Waals surface area contributed by atoms with Gasteiger partial charge in [-0.1, -0.05) is 30.7 Å². The van der Waals surface area contributed by atoms with E-state index in [-0.39, 0.29) is 4.90 Å². The van der Waals surface area contributed by atoms with Gasteiger partial charge in [-0.2, -0.15) is 4.99 Å². The van der Waals surface area contributed by atoms with Crippen molar-refractivity contribution in [1.82, 2.24) is 8.87 Å². The van der Waals surface area contributed by atoms with Crippen LogP contribution in [0.5, 0.6) is 5.75 Å². The van der Waals surface area contributed by atoms with E-state index in [4.69, 9.17) is 4.74 Å². The second kappa shape index (κ2) is 9.33. The van der Waals surface area contributed by atoms with E-state index >= 15 is 0 Å². The number of rotatable bonds is 7. The topological polar surface area (TPSA) is 81.0 Å². The summed E-state index contributed by atoms with van der Waals surface area (Å²) in [4.78, 5) is 17.7. The SMILES string of the molecule is CCCCN(C)S(=O)(=O)c1ccc(C(=O)N=c2sc3c(C)ccc(OC)c3n2C)cc1. The van der Waals surface area contributed by atoms with Gasteiger partial charge in [0.1, 0.15) is 11.3 Å². The molecule has 3 rings (SSSR count). The van der Waals surface area contributed by atoms with Gasteiger partial charge in [-0.05, 0) is 49.2 Å². The lowest BCUT2D eigenvalue weighted by Crippen LogP contribution is -2.27. The average molecular weight is 462 g/mol. The second-order valence-corrected chi connectivity index (χ2v) is 10.3. The lowest BCUT2D eigenvalue weighted by molar-refractivity contribution is 0.0998. The number of methoxy groups -OCH3 is 1. The Bertz CT molecular complexity index is 1270. The van der Waals surface area contributed by atoms with Gasteiger partial charge in [0.15, 0.2) is 4.80 Å². The Morgan fingerprint density at radius 2 is 1.87 bits per heavy atom. The Morgan fingerprint density at radius 1 is 1.19 bits per heavy atom. The molecule has 0 N–H and O–H groups in total. The van der Waals surface area contributed by atoms with Gasteiger partial charge in [0.2, 0.25) is 10.0 Å². The molecule has 0 saturated heterocycles. The molecule has 166 valence electrons. The maximum absolute atomic E-state index is 12.8. The molecular formula is C22H27N3O4S2. The number of nitrogens with zero attached hydrogens (tertiary/aromatic N) is 3. The number of hydrogen-bond acceptors (Lipinski definition) is 5. The minimum atomic E-state index is -3.57. The van der Waals surface area contributed by atoms with Crippen molar-refractivity contribution in [2.45, 2.75) is 31.6 Å². The summed E-state index contributed by atoms with van der Waals surface area (Å²) in [5.74, 6) is 0.289. The first-order valence-corrected chi connectivity index (χ1v) is 12.2. The summed E-state index contributed by atoms with van der Waals surface area (Å²) in [6.45, 7) is 4.47. The highest BCUT2D eigenvalue weighted by Gasteiger charge is 2.20. The molecule has 0 aliphatic heterocycles. The van der Waals surface area contributed by atoms with Gasteiger partial charge < -0.3 is 9.30 Å². The van der Waals surface area contributed by atoms with E-state index in [1.165, 1.54) is 39.9 Å². The van der Waals surface area contributed by atoms with Crippen LogP contribution in [0.25, 0.3) is 10.2 Å². The van der Waals surface area contributed by atoms with Gasteiger partial charge in [0.25, 0.3) is 5.91 Å². The number of carbonyl (C=O) groups is 1. The van der Waals surface area contributed by atoms with E-state index < -0.39 is 15.9 Å². The number of benzene rings is 2. The Labute approximate surface area is 186 Å². The third kappa shape index (κ3) is 4.58. The van der Waals surface area contributed by atoms with Crippen LogP contribution in [0, 0.1) is 6.92 Å². The molecule has 2 aromatic carbocycles. The third-order valence-corrected chi connectivity index (χ3v) is 8.30. The van der Waals surface area contributed by atoms with Crippen LogP contribution in [0.3, 0.4) is 0 Å². The fourth-order valence-electron chi connectivity index (χ4n) is 3.22. The monoisotopic (exact) mass is 461 g/mol. The molecule has 0 aliphatic carbocycles. The molecule has 7 nitrogen and oxygen atoms in total. The third-order valence-electron chi connectivity index (χ3n) is 5.16. The largest absolute Gasteiger partial charge is 0.495 e. The van der Waals surface area contributed by atoms with Crippen LogP contribution in [-0.2, 0) is 17.1 Å². The number of unbranched alkanes of at least 4 members (excludes halogenated alkanes) is 1. The number of ether oxygens (including phenoxy) is 1. The highest BCUT2D eigenvalue weighted by molar-refractivity contribution is 7.89. The molecule has 3 aromatic rings. The molecule has 1 amide bonds. The van der Waals surface area contributed by atoms with Crippen molar-refractivity contribution in [3.05, 3.63) is 52.3 Å². The van der Waals surface area contributed by atoms with Gasteiger partial charge in [-0.25, -0.2) is 12.7 Å². The maximum atomic E-state index is 12.8. The lowest BCUT2D eigenvalue weighted by Gasteiger charge is -2.16. The normalized spacial score (nSPS) is 12.6. The molecule has 31 heavy (non-hydrogen) atoms. The van der Waals surface area contributed by atoms with Gasteiger partial charge in [-0.3, -0.25) is 4.79 Å². The first-order valence-electron chi connectivity index (χ1n) is 9.99. The second-order valence-electron chi connectivity index (χ2n) is 7.33. The van der Waals surface area contributed by atoms with Crippen LogP contribution in [0.2, 0.25) is 0 Å². The first kappa shape index (κ1) is 23.2. The van der Waals surface area contributed by atoms with Crippen molar-refractivity contribution >= 4 is 37.5 Å². The Kier molecular flexibility index (Phi) is 6.98. The number of thiazole rings is 1. The average Bonchev–Trinajstić information content (AvgIpc) is 3.09. The minimum Gasteiger partial charge on any atom is -0.495 e. The van der Waals surface area contributed by atoms with Crippen LogP contribution in [0.4, 0.5) is 0 Å². The number of fused-ring (bicyclic) bond motifs is 1. The fourth-order valence-corrected chi connectivity index (χ4v) is 5.53. The van der Waals surface area contributed by atoms with Gasteiger partial charge in [0.05, 0.1) is 16.7 Å². The van der Waals surface area contributed by atoms with E-state index in [9.17, 15) is 13.2 Å². The molecule has 0 aliphatic rings. The fraction of sp³-hybridized carbons (Fsp3) is 0.364. The summed E-state index contributed by atoms with van der Waals surface area (Å²) < 4.78 is 34.9. The predicted molar refractivity (Wildman–Crippen MR) is 123 cm³/mol. The molecule has 0 atom stereocenters. The van der Waals surface area contributed by atoms with Crippen molar-refractivity contribution in [2.75, 3.05) is 20.7 Å². The molecule has 0 radical (unpaired) electrons. The molecule has 0 bridgehead atoms. The summed E-state index contributed by atoms with van der Waals surface area (Å²) in [5.41, 5.74) is 2.29. The molecule has 0 fully saturated rings. The van der Waals surface area contributed by atoms with E-state index in [2.05, 4.69) is 4.99 Å². The van der Waals surface area contributed by atoms with E-state index in [0.717, 1.165) is 34.4 Å². The van der Waals surface area contributed by atoms with Crippen LogP contribution in [0.1, 0.15) is 35.7 Å².